The highest BCUT2D eigenvalue weighted by Crippen LogP contribution is 2.39. The zero-order valence-electron chi connectivity index (χ0n) is 11.7. The summed E-state index contributed by atoms with van der Waals surface area (Å²) in [5.41, 5.74) is 1.32. The smallest absolute Gasteiger partial charge is 0.218 e. The highest BCUT2D eigenvalue weighted by molar-refractivity contribution is 5.39. The Kier molecular flexibility index (Phi) is 3.81. The van der Waals surface area contributed by atoms with Gasteiger partial charge >= 0.3 is 0 Å². The van der Waals surface area contributed by atoms with Crippen LogP contribution in [0.4, 0.5) is 5.82 Å². The fraction of sp³-hybridized carbons (Fsp3) is 0.375. The highest BCUT2D eigenvalue weighted by Gasteiger charge is 2.27. The van der Waals surface area contributed by atoms with Crippen LogP contribution in [0.3, 0.4) is 0 Å². The number of anilines is 1. The summed E-state index contributed by atoms with van der Waals surface area (Å²) < 4.78 is 5.25. The Balaban J connectivity index is 1.63. The van der Waals surface area contributed by atoms with Gasteiger partial charge < -0.3 is 10.1 Å². The van der Waals surface area contributed by atoms with E-state index in [2.05, 4.69) is 39.6 Å². The van der Waals surface area contributed by atoms with Crippen molar-refractivity contribution in [2.45, 2.75) is 25.2 Å². The number of benzene rings is 1. The van der Waals surface area contributed by atoms with Crippen LogP contribution in [0.25, 0.3) is 0 Å². The van der Waals surface area contributed by atoms with Crippen molar-refractivity contribution in [2.24, 2.45) is 0 Å². The van der Waals surface area contributed by atoms with Gasteiger partial charge in [0.05, 0.1) is 7.11 Å². The summed E-state index contributed by atoms with van der Waals surface area (Å²) in [7, 11) is 1.65. The Morgan fingerprint density at radius 3 is 2.70 bits per heavy atom. The van der Waals surface area contributed by atoms with E-state index in [1.54, 1.807) is 7.11 Å². The number of methoxy groups -OCH3 is 1. The van der Waals surface area contributed by atoms with Gasteiger partial charge in [-0.1, -0.05) is 30.3 Å². The van der Waals surface area contributed by atoms with Crippen LogP contribution in [-0.4, -0.2) is 23.6 Å². The van der Waals surface area contributed by atoms with Gasteiger partial charge in [-0.15, -0.1) is 0 Å². The minimum Gasteiger partial charge on any atom is -0.481 e. The zero-order chi connectivity index (χ0) is 13.8. The fourth-order valence-corrected chi connectivity index (χ4v) is 2.14. The lowest BCUT2D eigenvalue weighted by Crippen LogP contribution is -2.08. The molecule has 1 heterocycles. The van der Waals surface area contributed by atoms with E-state index in [0.29, 0.717) is 11.8 Å². The average Bonchev–Trinajstić information content (AvgIpc) is 3.33. The third kappa shape index (κ3) is 3.26. The fourth-order valence-electron chi connectivity index (χ4n) is 2.14. The lowest BCUT2D eigenvalue weighted by Gasteiger charge is -2.09. The largest absolute Gasteiger partial charge is 0.481 e. The van der Waals surface area contributed by atoms with Crippen molar-refractivity contribution >= 4 is 5.82 Å². The van der Waals surface area contributed by atoms with Crippen LogP contribution >= 0.6 is 0 Å². The topological polar surface area (TPSA) is 47.0 Å². The second-order valence-corrected chi connectivity index (χ2v) is 5.09. The number of rotatable bonds is 6. The maximum absolute atomic E-state index is 5.25. The second kappa shape index (κ2) is 5.90. The highest BCUT2D eigenvalue weighted by atomic mass is 16.5. The molecule has 4 heteroatoms. The first-order valence-electron chi connectivity index (χ1n) is 7.06. The Morgan fingerprint density at radius 1 is 1.20 bits per heavy atom. The molecule has 0 saturated heterocycles. The first-order valence-corrected chi connectivity index (χ1v) is 7.06. The van der Waals surface area contributed by atoms with Gasteiger partial charge in [0.1, 0.15) is 11.6 Å². The van der Waals surface area contributed by atoms with Gasteiger partial charge in [0.25, 0.3) is 0 Å². The van der Waals surface area contributed by atoms with E-state index in [0.717, 1.165) is 24.6 Å². The van der Waals surface area contributed by atoms with Gasteiger partial charge in [0.15, 0.2) is 0 Å². The second-order valence-electron chi connectivity index (χ2n) is 5.09. The molecule has 4 nitrogen and oxygen atoms in total. The molecule has 0 unspecified atom stereocenters. The molecule has 2 aromatic rings. The van der Waals surface area contributed by atoms with Crippen LogP contribution in [0.15, 0.2) is 36.4 Å². The molecule has 1 saturated carbocycles. The zero-order valence-corrected chi connectivity index (χ0v) is 11.7. The number of nitrogens with one attached hydrogen (secondary N) is 1. The van der Waals surface area contributed by atoms with Gasteiger partial charge in [-0.25, -0.2) is 4.98 Å². The normalized spacial score (nSPS) is 14.1. The lowest BCUT2D eigenvalue weighted by atomic mass is 10.1. The van der Waals surface area contributed by atoms with Crippen molar-refractivity contribution in [3.63, 3.8) is 0 Å². The molecule has 1 N–H and O–H groups in total. The van der Waals surface area contributed by atoms with E-state index >= 15 is 0 Å². The van der Waals surface area contributed by atoms with Crippen LogP contribution in [0, 0.1) is 0 Å². The lowest BCUT2D eigenvalue weighted by molar-refractivity contribution is 0.395. The minimum atomic E-state index is 0.528. The van der Waals surface area contributed by atoms with Crippen molar-refractivity contribution in [1.29, 1.82) is 0 Å². The molecule has 0 aliphatic heterocycles. The van der Waals surface area contributed by atoms with E-state index in [-0.39, 0.29) is 0 Å². The molecule has 1 aromatic heterocycles. The Labute approximate surface area is 119 Å². The first kappa shape index (κ1) is 12.9. The van der Waals surface area contributed by atoms with Crippen LogP contribution in [0.1, 0.15) is 30.1 Å². The third-order valence-corrected chi connectivity index (χ3v) is 3.43. The third-order valence-electron chi connectivity index (χ3n) is 3.43. The Hall–Kier alpha value is -2.10. The molecule has 20 heavy (non-hydrogen) atoms. The number of ether oxygens (including phenoxy) is 1. The van der Waals surface area contributed by atoms with Crippen molar-refractivity contribution < 1.29 is 4.74 Å². The quantitative estimate of drug-likeness (QED) is 0.875. The van der Waals surface area contributed by atoms with Crippen LogP contribution < -0.4 is 10.1 Å². The summed E-state index contributed by atoms with van der Waals surface area (Å²) in [4.78, 5) is 8.98. The van der Waals surface area contributed by atoms with Crippen LogP contribution in [-0.2, 0) is 6.42 Å². The number of aromatic nitrogens is 2. The summed E-state index contributed by atoms with van der Waals surface area (Å²) in [6.07, 6.45) is 3.36. The molecule has 104 valence electrons. The minimum absolute atomic E-state index is 0.528. The van der Waals surface area contributed by atoms with Gasteiger partial charge in [0.2, 0.25) is 5.88 Å². The standard InChI is InChI=1S/C16H19N3O/c1-20-15-11-14(18-16(19-15)13-7-8-13)17-10-9-12-5-3-2-4-6-12/h2-6,11,13H,7-10H2,1H3,(H,17,18,19). The summed E-state index contributed by atoms with van der Waals surface area (Å²) >= 11 is 0. The Morgan fingerprint density at radius 2 is 2.00 bits per heavy atom. The van der Waals surface area contributed by atoms with E-state index in [4.69, 9.17) is 4.74 Å². The molecule has 0 amide bonds. The van der Waals surface area contributed by atoms with Gasteiger partial charge in [-0.2, -0.15) is 4.98 Å². The molecule has 0 bridgehead atoms. The van der Waals surface area contributed by atoms with Crippen LogP contribution in [0.5, 0.6) is 5.88 Å². The Bertz CT molecular complexity index is 567. The molecule has 0 radical (unpaired) electrons. The first-order chi connectivity index (χ1) is 9.85. The van der Waals surface area contributed by atoms with E-state index in [1.165, 1.54) is 18.4 Å². The van der Waals surface area contributed by atoms with Crippen LogP contribution in [0.2, 0.25) is 0 Å². The molecule has 1 aliphatic carbocycles. The molecule has 1 fully saturated rings. The van der Waals surface area contributed by atoms with Crippen molar-refractivity contribution in [2.75, 3.05) is 19.0 Å². The SMILES string of the molecule is COc1cc(NCCc2ccccc2)nc(C2CC2)n1. The van der Waals surface area contributed by atoms with E-state index in [9.17, 15) is 0 Å². The number of hydrogen-bond donors (Lipinski definition) is 1. The number of hydrogen-bond acceptors (Lipinski definition) is 4. The van der Waals surface area contributed by atoms with Gasteiger partial charge in [0, 0.05) is 18.5 Å². The summed E-state index contributed by atoms with van der Waals surface area (Å²) in [5, 5.41) is 3.36. The maximum atomic E-state index is 5.25. The molecule has 1 aliphatic rings. The molecular formula is C16H19N3O. The summed E-state index contributed by atoms with van der Waals surface area (Å²) in [5.74, 6) is 2.94. The maximum Gasteiger partial charge on any atom is 0.218 e. The van der Waals surface area contributed by atoms with Crippen molar-refractivity contribution in [1.82, 2.24) is 9.97 Å². The molecule has 1 aromatic carbocycles. The predicted molar refractivity (Wildman–Crippen MR) is 79.2 cm³/mol. The summed E-state index contributed by atoms with van der Waals surface area (Å²) in [6, 6.07) is 12.3. The molecule has 3 rings (SSSR count). The molecular weight excluding hydrogens is 250 g/mol. The van der Waals surface area contributed by atoms with Gasteiger partial charge in [-0.3, -0.25) is 0 Å². The summed E-state index contributed by atoms with van der Waals surface area (Å²) in [6.45, 7) is 0.855. The average molecular weight is 269 g/mol. The van der Waals surface area contributed by atoms with Crippen molar-refractivity contribution in [3.05, 3.63) is 47.8 Å². The van der Waals surface area contributed by atoms with E-state index < -0.39 is 0 Å². The predicted octanol–water partition coefficient (Wildman–Crippen LogP) is 3.02. The van der Waals surface area contributed by atoms with E-state index in [1.807, 2.05) is 12.1 Å². The van der Waals surface area contributed by atoms with Gasteiger partial charge in [-0.05, 0) is 24.8 Å². The molecule has 0 spiro atoms. The monoisotopic (exact) mass is 269 g/mol. The number of nitrogens with zero attached hydrogens (tertiary/aromatic N) is 2. The van der Waals surface area contributed by atoms with Crippen molar-refractivity contribution in [3.8, 4) is 5.88 Å². The molecule has 0 atom stereocenters.